The van der Waals surface area contributed by atoms with Crippen molar-refractivity contribution in [2.45, 2.75) is 50.0 Å². The normalized spacial score (nSPS) is 16.1. The lowest BCUT2D eigenvalue weighted by Crippen LogP contribution is -2.34. The molecule has 1 atom stereocenters. The number of esters is 1. The molecular formula is C19H27N3O6S2. The number of benzene rings is 1. The van der Waals surface area contributed by atoms with Crippen LogP contribution in [0.4, 0.5) is 5.69 Å². The minimum Gasteiger partial charge on any atom is -0.466 e. The van der Waals surface area contributed by atoms with Crippen molar-refractivity contribution in [2.75, 3.05) is 25.1 Å². The number of anilines is 1. The molecular weight excluding hydrogens is 430 g/mol. The number of hydrogen-bond acceptors (Lipinski definition) is 7. The van der Waals surface area contributed by atoms with E-state index in [1.165, 1.54) is 12.1 Å². The lowest BCUT2D eigenvalue weighted by atomic mass is 10.2. The molecule has 0 aliphatic carbocycles. The molecule has 1 amide bonds. The highest BCUT2D eigenvalue weighted by atomic mass is 32.2. The average molecular weight is 458 g/mol. The molecule has 1 saturated heterocycles. The van der Waals surface area contributed by atoms with Crippen LogP contribution in [0.2, 0.25) is 0 Å². The molecule has 0 bridgehead atoms. The van der Waals surface area contributed by atoms with Crippen LogP contribution in [-0.2, 0) is 29.1 Å². The Morgan fingerprint density at radius 2 is 1.97 bits per heavy atom. The Hall–Kier alpha value is -2.08. The van der Waals surface area contributed by atoms with Crippen LogP contribution in [0.15, 0.2) is 29.2 Å². The van der Waals surface area contributed by atoms with E-state index in [1.807, 2.05) is 6.92 Å². The number of amides is 1. The second kappa shape index (κ2) is 11.9. The van der Waals surface area contributed by atoms with E-state index in [9.17, 15) is 18.0 Å². The fourth-order valence-electron chi connectivity index (χ4n) is 2.66. The molecule has 1 aliphatic heterocycles. The van der Waals surface area contributed by atoms with Crippen LogP contribution < -0.4 is 15.4 Å². The number of thiocarbonyl (C=S) groups is 1. The maximum absolute atomic E-state index is 12.4. The number of nitrogens with one attached hydrogen (secondary N) is 3. The Morgan fingerprint density at radius 1 is 1.23 bits per heavy atom. The summed E-state index contributed by atoms with van der Waals surface area (Å²) in [5.41, 5.74) is 0.515. The summed E-state index contributed by atoms with van der Waals surface area (Å²) in [6.07, 6.45) is 2.34. The summed E-state index contributed by atoms with van der Waals surface area (Å²) >= 11 is 5.07. The van der Waals surface area contributed by atoms with E-state index in [2.05, 4.69) is 15.4 Å². The van der Waals surface area contributed by atoms with Crippen molar-refractivity contribution in [1.82, 2.24) is 10.0 Å². The largest absolute Gasteiger partial charge is 0.466 e. The second-order valence-corrected chi connectivity index (χ2v) is 8.91. The van der Waals surface area contributed by atoms with Gasteiger partial charge in [-0.15, -0.1) is 0 Å². The van der Waals surface area contributed by atoms with Crippen molar-refractivity contribution in [2.24, 2.45) is 0 Å². The van der Waals surface area contributed by atoms with Crippen LogP contribution in [0, 0.1) is 0 Å². The number of ether oxygens (including phenoxy) is 2. The molecule has 3 N–H and O–H groups in total. The molecule has 11 heteroatoms. The van der Waals surface area contributed by atoms with Gasteiger partial charge in [0.05, 0.1) is 24.0 Å². The Labute approximate surface area is 181 Å². The zero-order chi connectivity index (χ0) is 22.0. The van der Waals surface area contributed by atoms with E-state index in [0.29, 0.717) is 18.9 Å². The lowest BCUT2D eigenvalue weighted by molar-refractivity contribution is -0.144. The lowest BCUT2D eigenvalue weighted by Gasteiger charge is -2.12. The topological polar surface area (TPSA) is 123 Å². The minimum atomic E-state index is -3.64. The van der Waals surface area contributed by atoms with Crippen molar-refractivity contribution < 1.29 is 27.5 Å². The van der Waals surface area contributed by atoms with Crippen LogP contribution in [0.1, 0.15) is 39.0 Å². The van der Waals surface area contributed by atoms with Crippen LogP contribution in [-0.4, -0.2) is 51.3 Å². The van der Waals surface area contributed by atoms with E-state index < -0.39 is 21.9 Å². The summed E-state index contributed by atoms with van der Waals surface area (Å²) in [5, 5.41) is 5.31. The van der Waals surface area contributed by atoms with Gasteiger partial charge < -0.3 is 20.1 Å². The van der Waals surface area contributed by atoms with Gasteiger partial charge in [0.1, 0.15) is 0 Å². The highest BCUT2D eigenvalue weighted by Gasteiger charge is 2.20. The van der Waals surface area contributed by atoms with Crippen LogP contribution in [0.3, 0.4) is 0 Å². The summed E-state index contributed by atoms with van der Waals surface area (Å²) < 4.78 is 37.6. The Kier molecular flexibility index (Phi) is 9.63. The van der Waals surface area contributed by atoms with E-state index in [0.717, 1.165) is 19.3 Å². The number of carbonyl (C=O) groups is 2. The minimum absolute atomic E-state index is 0.0279. The predicted octanol–water partition coefficient (Wildman–Crippen LogP) is 1.69. The first-order valence-electron chi connectivity index (χ1n) is 9.78. The third-order valence-corrected chi connectivity index (χ3v) is 5.87. The Bertz CT molecular complexity index is 836. The summed E-state index contributed by atoms with van der Waals surface area (Å²) in [6.45, 7) is 3.11. The van der Waals surface area contributed by atoms with Gasteiger partial charge in [0, 0.05) is 25.3 Å². The monoisotopic (exact) mass is 457 g/mol. The molecule has 1 fully saturated rings. The molecule has 2 rings (SSSR count). The molecule has 1 aromatic carbocycles. The first kappa shape index (κ1) is 24.2. The van der Waals surface area contributed by atoms with Crippen molar-refractivity contribution in [1.29, 1.82) is 0 Å². The summed E-state index contributed by atoms with van der Waals surface area (Å²) in [7, 11) is -3.64. The first-order valence-corrected chi connectivity index (χ1v) is 11.7. The van der Waals surface area contributed by atoms with Crippen LogP contribution in [0.25, 0.3) is 0 Å². The summed E-state index contributed by atoms with van der Waals surface area (Å²) in [5.74, 6) is -0.853. The number of carbonyl (C=O) groups excluding carboxylic acids is 2. The van der Waals surface area contributed by atoms with Gasteiger partial charge in [0.2, 0.25) is 15.9 Å². The van der Waals surface area contributed by atoms with Crippen LogP contribution >= 0.6 is 12.2 Å². The number of sulfonamides is 1. The van der Waals surface area contributed by atoms with Gasteiger partial charge in [0.25, 0.3) is 0 Å². The molecule has 1 unspecified atom stereocenters. The van der Waals surface area contributed by atoms with Gasteiger partial charge >= 0.3 is 5.97 Å². The summed E-state index contributed by atoms with van der Waals surface area (Å²) in [6, 6.07) is 5.96. The van der Waals surface area contributed by atoms with Gasteiger partial charge in [-0.1, -0.05) is 6.92 Å². The molecule has 0 spiro atoms. The van der Waals surface area contributed by atoms with Crippen molar-refractivity contribution in [3.8, 4) is 0 Å². The quantitative estimate of drug-likeness (QED) is 0.358. The summed E-state index contributed by atoms with van der Waals surface area (Å²) in [4.78, 5) is 23.4. The van der Waals surface area contributed by atoms with Crippen molar-refractivity contribution in [3.05, 3.63) is 24.3 Å². The molecule has 0 aromatic heterocycles. The SMILES string of the molecule is CCCOC(=O)CCC(=O)NC(=S)Nc1ccc(S(=O)(=O)NCC2CCCO2)cc1. The smallest absolute Gasteiger partial charge is 0.306 e. The van der Waals surface area contributed by atoms with Gasteiger partial charge in [-0.05, 0) is 55.7 Å². The molecule has 0 radical (unpaired) electrons. The molecule has 30 heavy (non-hydrogen) atoms. The maximum atomic E-state index is 12.4. The third kappa shape index (κ3) is 8.34. The zero-order valence-electron chi connectivity index (χ0n) is 16.8. The van der Waals surface area contributed by atoms with Crippen molar-refractivity contribution in [3.63, 3.8) is 0 Å². The van der Waals surface area contributed by atoms with E-state index >= 15 is 0 Å². The molecule has 1 aliphatic rings. The van der Waals surface area contributed by atoms with Gasteiger partial charge in [-0.25, -0.2) is 13.1 Å². The van der Waals surface area contributed by atoms with E-state index in [4.69, 9.17) is 21.7 Å². The van der Waals surface area contributed by atoms with Gasteiger partial charge in [0.15, 0.2) is 5.11 Å². The fourth-order valence-corrected chi connectivity index (χ4v) is 3.96. The van der Waals surface area contributed by atoms with Gasteiger partial charge in [-0.3, -0.25) is 9.59 Å². The molecule has 0 saturated carbocycles. The molecule has 1 heterocycles. The van der Waals surface area contributed by atoms with Crippen LogP contribution in [0.5, 0.6) is 0 Å². The zero-order valence-corrected chi connectivity index (χ0v) is 18.4. The molecule has 1 aromatic rings. The Balaban J connectivity index is 1.78. The second-order valence-electron chi connectivity index (χ2n) is 6.73. The molecule has 9 nitrogen and oxygen atoms in total. The van der Waals surface area contributed by atoms with Gasteiger partial charge in [-0.2, -0.15) is 0 Å². The maximum Gasteiger partial charge on any atom is 0.306 e. The fraction of sp³-hybridized carbons (Fsp3) is 0.526. The van der Waals surface area contributed by atoms with Crippen molar-refractivity contribution >= 4 is 44.9 Å². The van der Waals surface area contributed by atoms with E-state index in [-0.39, 0.29) is 35.5 Å². The third-order valence-electron chi connectivity index (χ3n) is 4.22. The highest BCUT2D eigenvalue weighted by molar-refractivity contribution is 7.89. The number of hydrogen-bond donors (Lipinski definition) is 3. The first-order chi connectivity index (χ1) is 14.3. The highest BCUT2D eigenvalue weighted by Crippen LogP contribution is 2.16. The number of rotatable bonds is 10. The average Bonchev–Trinajstić information content (AvgIpc) is 3.23. The standard InChI is InChI=1S/C19H27N3O6S2/c1-2-11-28-18(24)10-9-17(23)22-19(29)21-14-5-7-16(8-6-14)30(25,26)20-13-15-4-3-12-27-15/h5-8,15,20H,2-4,9-13H2,1H3,(H2,21,22,23,29). The van der Waals surface area contributed by atoms with E-state index in [1.54, 1.807) is 12.1 Å². The molecule has 166 valence electrons. The Morgan fingerprint density at radius 3 is 2.60 bits per heavy atom. The predicted molar refractivity (Wildman–Crippen MR) is 115 cm³/mol.